The van der Waals surface area contributed by atoms with Crippen LogP contribution in [0.1, 0.15) is 19.4 Å². The van der Waals surface area contributed by atoms with Crippen molar-refractivity contribution >= 4 is 20.0 Å². The van der Waals surface area contributed by atoms with Crippen molar-refractivity contribution in [1.82, 2.24) is 9.03 Å². The van der Waals surface area contributed by atoms with E-state index in [2.05, 4.69) is 4.72 Å². The van der Waals surface area contributed by atoms with Gasteiger partial charge in [-0.05, 0) is 38.0 Å². The van der Waals surface area contributed by atoms with E-state index < -0.39 is 25.3 Å². The summed E-state index contributed by atoms with van der Waals surface area (Å²) in [6.07, 6.45) is 0.495. The van der Waals surface area contributed by atoms with Crippen LogP contribution in [0.4, 0.5) is 0 Å². The molecule has 0 radical (unpaired) electrons. The van der Waals surface area contributed by atoms with Crippen molar-refractivity contribution in [2.45, 2.75) is 30.4 Å². The Labute approximate surface area is 127 Å². The smallest absolute Gasteiger partial charge is 0.223 e. The van der Waals surface area contributed by atoms with Gasteiger partial charge in [0, 0.05) is 20.6 Å². The number of rotatable bonds is 7. The Balaban J connectivity index is 2.69. The lowest BCUT2D eigenvalue weighted by molar-refractivity contribution is 0.506. The van der Waals surface area contributed by atoms with Crippen LogP contribution >= 0.6 is 0 Å². The van der Waals surface area contributed by atoms with Gasteiger partial charge in [0.05, 0.1) is 10.1 Å². The quantitative estimate of drug-likeness (QED) is 0.800. The zero-order valence-electron chi connectivity index (χ0n) is 12.7. The number of hydrogen-bond donors (Lipinski definition) is 1. The lowest BCUT2D eigenvalue weighted by Crippen LogP contribution is -2.36. The number of benzene rings is 1. The van der Waals surface area contributed by atoms with Crippen molar-refractivity contribution in [2.75, 3.05) is 20.6 Å². The molecule has 0 fully saturated rings. The van der Waals surface area contributed by atoms with Crippen LogP contribution in [-0.2, 0) is 26.5 Å². The first kappa shape index (κ1) is 18.1. The highest BCUT2D eigenvalue weighted by molar-refractivity contribution is 7.92. The Morgan fingerprint density at radius 3 is 2.00 bits per heavy atom. The summed E-state index contributed by atoms with van der Waals surface area (Å²) in [5, 5.41) is -0.463. The molecule has 120 valence electrons. The van der Waals surface area contributed by atoms with E-state index in [0.29, 0.717) is 6.42 Å². The van der Waals surface area contributed by atoms with Gasteiger partial charge in [0.25, 0.3) is 10.2 Å². The molecule has 0 aliphatic carbocycles. The minimum Gasteiger partial charge on any atom is -0.223 e. The van der Waals surface area contributed by atoms with Crippen LogP contribution in [0.5, 0.6) is 0 Å². The fourth-order valence-corrected chi connectivity index (χ4v) is 3.25. The SMILES string of the molecule is CC(C)S(=O)(=O)c1ccc(CCNS(=O)(=O)N(C)C)cc1. The molecule has 8 heteroatoms. The molecule has 0 aromatic heterocycles. The van der Waals surface area contributed by atoms with Gasteiger partial charge in [-0.2, -0.15) is 12.7 Å². The molecule has 0 aliphatic heterocycles. The highest BCUT2D eigenvalue weighted by Crippen LogP contribution is 2.16. The number of nitrogens with zero attached hydrogens (tertiary/aromatic N) is 1. The third-order valence-corrected chi connectivity index (χ3v) is 6.75. The zero-order chi connectivity index (χ0) is 16.3. The summed E-state index contributed by atoms with van der Waals surface area (Å²) in [6.45, 7) is 3.54. The van der Waals surface area contributed by atoms with Crippen LogP contribution in [0.15, 0.2) is 29.2 Å². The van der Waals surface area contributed by atoms with Gasteiger partial charge in [-0.15, -0.1) is 0 Å². The zero-order valence-corrected chi connectivity index (χ0v) is 14.3. The Bertz CT molecular complexity index is 663. The molecular formula is C13H22N2O4S2. The van der Waals surface area contributed by atoms with Gasteiger partial charge in [-0.25, -0.2) is 13.1 Å². The highest BCUT2D eigenvalue weighted by Gasteiger charge is 2.18. The van der Waals surface area contributed by atoms with Gasteiger partial charge in [-0.3, -0.25) is 0 Å². The Morgan fingerprint density at radius 2 is 1.57 bits per heavy atom. The Morgan fingerprint density at radius 1 is 1.05 bits per heavy atom. The lowest BCUT2D eigenvalue weighted by atomic mass is 10.2. The predicted molar refractivity (Wildman–Crippen MR) is 83.1 cm³/mol. The second-order valence-electron chi connectivity index (χ2n) is 5.17. The summed E-state index contributed by atoms with van der Waals surface area (Å²) in [5.41, 5.74) is 0.874. The molecular weight excluding hydrogens is 312 g/mol. The average Bonchev–Trinajstić information content (AvgIpc) is 2.38. The summed E-state index contributed by atoms with van der Waals surface area (Å²) in [6, 6.07) is 6.54. The topological polar surface area (TPSA) is 83.5 Å². The van der Waals surface area contributed by atoms with Crippen molar-refractivity contribution in [1.29, 1.82) is 0 Å². The van der Waals surface area contributed by atoms with Crippen LogP contribution in [0.2, 0.25) is 0 Å². The Kier molecular flexibility index (Phi) is 5.92. The van der Waals surface area contributed by atoms with Crippen LogP contribution in [0.25, 0.3) is 0 Å². The minimum atomic E-state index is -3.42. The molecule has 0 bridgehead atoms. The maximum absolute atomic E-state index is 12.0. The summed E-state index contributed by atoms with van der Waals surface area (Å²) in [7, 11) is -3.79. The number of nitrogens with one attached hydrogen (secondary N) is 1. The molecule has 0 amide bonds. The molecule has 0 unspecified atom stereocenters. The van der Waals surface area contributed by atoms with Gasteiger partial charge in [-0.1, -0.05) is 12.1 Å². The first-order valence-electron chi connectivity index (χ1n) is 6.57. The summed E-state index contributed by atoms with van der Waals surface area (Å²) in [5.74, 6) is 0. The second-order valence-corrected chi connectivity index (χ2v) is 9.64. The molecule has 1 aromatic carbocycles. The first-order valence-corrected chi connectivity index (χ1v) is 9.56. The van der Waals surface area contributed by atoms with E-state index >= 15 is 0 Å². The molecule has 0 spiro atoms. The molecule has 0 heterocycles. The van der Waals surface area contributed by atoms with Gasteiger partial charge < -0.3 is 0 Å². The third-order valence-electron chi connectivity index (χ3n) is 3.05. The second kappa shape index (κ2) is 6.87. The maximum atomic E-state index is 12.0. The van der Waals surface area contributed by atoms with E-state index in [-0.39, 0.29) is 11.4 Å². The van der Waals surface area contributed by atoms with E-state index in [1.165, 1.54) is 14.1 Å². The summed E-state index contributed by atoms with van der Waals surface area (Å²) in [4.78, 5) is 0.287. The van der Waals surface area contributed by atoms with E-state index in [1.807, 2.05) is 0 Å². The van der Waals surface area contributed by atoms with E-state index in [1.54, 1.807) is 38.1 Å². The molecule has 0 saturated carbocycles. The largest absolute Gasteiger partial charge is 0.278 e. The highest BCUT2D eigenvalue weighted by atomic mass is 32.2. The molecule has 21 heavy (non-hydrogen) atoms. The van der Waals surface area contributed by atoms with Gasteiger partial charge >= 0.3 is 0 Å². The molecule has 1 aromatic rings. The van der Waals surface area contributed by atoms with E-state index in [9.17, 15) is 16.8 Å². The summed E-state index contributed by atoms with van der Waals surface area (Å²) >= 11 is 0. The monoisotopic (exact) mass is 334 g/mol. The maximum Gasteiger partial charge on any atom is 0.278 e. The van der Waals surface area contributed by atoms with Gasteiger partial charge in [0.2, 0.25) is 0 Å². The average molecular weight is 334 g/mol. The third kappa shape index (κ3) is 4.77. The number of hydrogen-bond acceptors (Lipinski definition) is 4. The minimum absolute atomic E-state index is 0.261. The van der Waals surface area contributed by atoms with Gasteiger partial charge in [0.15, 0.2) is 9.84 Å². The predicted octanol–water partition coefficient (Wildman–Crippen LogP) is 0.807. The van der Waals surface area contributed by atoms with Gasteiger partial charge in [0.1, 0.15) is 0 Å². The van der Waals surface area contributed by atoms with Crippen molar-refractivity contribution < 1.29 is 16.8 Å². The van der Waals surface area contributed by atoms with Crippen LogP contribution in [-0.4, -0.2) is 47.0 Å². The van der Waals surface area contributed by atoms with E-state index in [4.69, 9.17) is 0 Å². The number of sulfone groups is 1. The van der Waals surface area contributed by atoms with Crippen LogP contribution in [0, 0.1) is 0 Å². The van der Waals surface area contributed by atoms with Crippen molar-refractivity contribution in [3.8, 4) is 0 Å². The molecule has 1 rings (SSSR count). The standard InChI is InChI=1S/C13H22N2O4S2/c1-11(2)20(16,17)13-7-5-12(6-8-13)9-10-14-21(18,19)15(3)4/h5-8,11,14H,9-10H2,1-4H3. The van der Waals surface area contributed by atoms with Crippen LogP contribution < -0.4 is 4.72 Å². The fraction of sp³-hybridized carbons (Fsp3) is 0.538. The van der Waals surface area contributed by atoms with Crippen molar-refractivity contribution in [3.63, 3.8) is 0 Å². The molecule has 6 nitrogen and oxygen atoms in total. The molecule has 1 N–H and O–H groups in total. The molecule has 0 atom stereocenters. The fourth-order valence-electron chi connectivity index (χ4n) is 1.57. The van der Waals surface area contributed by atoms with Crippen molar-refractivity contribution in [3.05, 3.63) is 29.8 Å². The molecule has 0 aliphatic rings. The Hall–Kier alpha value is -0.960. The summed E-state index contributed by atoms with van der Waals surface area (Å²) < 4.78 is 50.5. The molecule has 0 saturated heterocycles. The lowest BCUT2D eigenvalue weighted by Gasteiger charge is -2.12. The van der Waals surface area contributed by atoms with E-state index in [0.717, 1.165) is 9.87 Å². The first-order chi connectivity index (χ1) is 9.57. The normalized spacial score (nSPS) is 13.0. The van der Waals surface area contributed by atoms with Crippen molar-refractivity contribution in [2.24, 2.45) is 0 Å². The van der Waals surface area contributed by atoms with Crippen LogP contribution in [0.3, 0.4) is 0 Å².